The summed E-state index contributed by atoms with van der Waals surface area (Å²) in [4.78, 5) is 2.52. The lowest BCUT2D eigenvalue weighted by molar-refractivity contribution is 0.263. The first-order valence-corrected chi connectivity index (χ1v) is 8.78. The molecule has 2 heterocycles. The van der Waals surface area contributed by atoms with Gasteiger partial charge in [0.2, 0.25) is 0 Å². The van der Waals surface area contributed by atoms with E-state index >= 15 is 0 Å². The zero-order chi connectivity index (χ0) is 16.2. The van der Waals surface area contributed by atoms with Crippen molar-refractivity contribution >= 4 is 10.9 Å². The number of hydrogen-bond donors (Lipinski definition) is 0. The van der Waals surface area contributed by atoms with Gasteiger partial charge in [0, 0.05) is 11.9 Å². The van der Waals surface area contributed by atoms with E-state index in [4.69, 9.17) is 4.74 Å². The molecule has 4 rings (SSSR count). The summed E-state index contributed by atoms with van der Waals surface area (Å²) in [6, 6.07) is 16.4. The molecule has 2 aromatic carbocycles. The molecule has 0 amide bonds. The van der Waals surface area contributed by atoms with E-state index in [0.717, 1.165) is 41.9 Å². The summed E-state index contributed by atoms with van der Waals surface area (Å²) in [7, 11) is 0. The fourth-order valence-corrected chi connectivity index (χ4v) is 3.35. The molecule has 1 aromatic heterocycles. The van der Waals surface area contributed by atoms with Crippen LogP contribution in [0.5, 0.6) is 5.75 Å². The van der Waals surface area contributed by atoms with E-state index in [1.165, 1.54) is 25.9 Å². The minimum atomic E-state index is 0.778. The van der Waals surface area contributed by atoms with Crippen molar-refractivity contribution in [2.45, 2.75) is 19.3 Å². The first kappa shape index (κ1) is 15.2. The first-order chi connectivity index (χ1) is 11.9. The van der Waals surface area contributed by atoms with E-state index in [-0.39, 0.29) is 0 Å². The van der Waals surface area contributed by atoms with Crippen LogP contribution in [0.25, 0.3) is 16.6 Å². The average molecular weight is 321 g/mol. The maximum absolute atomic E-state index is 5.87. The monoisotopic (exact) mass is 321 g/mol. The van der Waals surface area contributed by atoms with Crippen LogP contribution in [-0.2, 0) is 0 Å². The Labute approximate surface area is 142 Å². The minimum Gasteiger partial charge on any atom is -0.494 e. The van der Waals surface area contributed by atoms with Crippen LogP contribution >= 0.6 is 0 Å². The smallest absolute Gasteiger partial charge is 0.119 e. The number of hydrogen-bond acceptors (Lipinski definition) is 3. The first-order valence-electron chi connectivity index (χ1n) is 8.78. The summed E-state index contributed by atoms with van der Waals surface area (Å²) >= 11 is 0. The molecule has 1 fully saturated rings. The Hall–Kier alpha value is -2.33. The molecule has 124 valence electrons. The molecule has 0 radical (unpaired) electrons. The molecule has 0 bridgehead atoms. The van der Waals surface area contributed by atoms with Gasteiger partial charge in [0.25, 0.3) is 0 Å². The third-order valence-electron chi connectivity index (χ3n) is 4.64. The Kier molecular flexibility index (Phi) is 4.47. The Bertz CT molecular complexity index is 788. The lowest BCUT2D eigenvalue weighted by Gasteiger charge is -2.14. The lowest BCUT2D eigenvalue weighted by Crippen LogP contribution is -2.21. The summed E-state index contributed by atoms with van der Waals surface area (Å²) < 4.78 is 7.83. The van der Waals surface area contributed by atoms with Crippen LogP contribution in [0.15, 0.2) is 54.7 Å². The van der Waals surface area contributed by atoms with Crippen molar-refractivity contribution in [3.8, 4) is 11.4 Å². The second-order valence-electron chi connectivity index (χ2n) is 6.36. The van der Waals surface area contributed by atoms with Crippen molar-refractivity contribution in [2.75, 3.05) is 26.2 Å². The number of nitrogens with zero attached hydrogens (tertiary/aromatic N) is 3. The zero-order valence-corrected chi connectivity index (χ0v) is 13.9. The molecule has 0 saturated carbocycles. The summed E-state index contributed by atoms with van der Waals surface area (Å²) in [5.41, 5.74) is 2.18. The van der Waals surface area contributed by atoms with Crippen molar-refractivity contribution in [1.82, 2.24) is 14.7 Å². The molecular formula is C20H23N3O. The number of ether oxygens (including phenoxy) is 1. The number of para-hydroxylation sites is 1. The fraction of sp³-hybridized carbons (Fsp3) is 0.350. The molecule has 0 spiro atoms. The maximum atomic E-state index is 5.87. The van der Waals surface area contributed by atoms with Crippen molar-refractivity contribution in [2.24, 2.45) is 0 Å². The Balaban J connectivity index is 1.36. The molecule has 1 aliphatic heterocycles. The lowest BCUT2D eigenvalue weighted by atomic mass is 10.2. The van der Waals surface area contributed by atoms with Gasteiger partial charge in [0.1, 0.15) is 5.75 Å². The summed E-state index contributed by atoms with van der Waals surface area (Å²) in [6.07, 6.45) is 5.69. The van der Waals surface area contributed by atoms with Crippen LogP contribution in [0.1, 0.15) is 19.3 Å². The van der Waals surface area contributed by atoms with Crippen LogP contribution in [0, 0.1) is 0 Å². The van der Waals surface area contributed by atoms with Gasteiger partial charge >= 0.3 is 0 Å². The zero-order valence-electron chi connectivity index (χ0n) is 13.9. The standard InChI is InChI=1S/C20H23N3O/c1-2-7-20-17(6-1)16-21-23(20)18-8-10-19(11-9-18)24-15-5-14-22-12-3-4-13-22/h1-2,6-11,16H,3-5,12-15H2. The summed E-state index contributed by atoms with van der Waals surface area (Å²) in [5.74, 6) is 0.927. The van der Waals surface area contributed by atoms with Crippen molar-refractivity contribution in [3.05, 3.63) is 54.7 Å². The van der Waals surface area contributed by atoms with Crippen LogP contribution in [-0.4, -0.2) is 40.9 Å². The number of benzene rings is 2. The number of fused-ring (bicyclic) bond motifs is 1. The van der Waals surface area contributed by atoms with E-state index in [2.05, 4.69) is 34.3 Å². The Morgan fingerprint density at radius 2 is 1.75 bits per heavy atom. The Morgan fingerprint density at radius 3 is 2.58 bits per heavy atom. The summed E-state index contributed by atoms with van der Waals surface area (Å²) in [5, 5.41) is 5.64. The molecule has 24 heavy (non-hydrogen) atoms. The molecule has 0 aliphatic carbocycles. The average Bonchev–Trinajstić information content (AvgIpc) is 3.29. The van der Waals surface area contributed by atoms with E-state index < -0.39 is 0 Å². The molecule has 3 aromatic rings. The number of aromatic nitrogens is 2. The number of rotatable bonds is 6. The van der Waals surface area contributed by atoms with Crippen LogP contribution in [0.4, 0.5) is 0 Å². The predicted molar refractivity (Wildman–Crippen MR) is 96.9 cm³/mol. The van der Waals surface area contributed by atoms with Gasteiger partial charge in [-0.1, -0.05) is 18.2 Å². The molecule has 0 atom stereocenters. The summed E-state index contributed by atoms with van der Waals surface area (Å²) in [6.45, 7) is 4.44. The molecule has 4 heteroatoms. The molecule has 1 saturated heterocycles. The number of likely N-dealkylation sites (tertiary alicyclic amines) is 1. The van der Waals surface area contributed by atoms with E-state index in [1.807, 2.05) is 35.1 Å². The van der Waals surface area contributed by atoms with Crippen LogP contribution in [0.2, 0.25) is 0 Å². The van der Waals surface area contributed by atoms with Crippen LogP contribution < -0.4 is 4.74 Å². The largest absolute Gasteiger partial charge is 0.494 e. The molecule has 0 unspecified atom stereocenters. The predicted octanol–water partition coefficient (Wildman–Crippen LogP) is 3.89. The normalized spacial score (nSPS) is 15.2. The maximum Gasteiger partial charge on any atom is 0.119 e. The molecule has 4 nitrogen and oxygen atoms in total. The third kappa shape index (κ3) is 3.29. The van der Waals surface area contributed by atoms with Gasteiger partial charge in [0.15, 0.2) is 0 Å². The van der Waals surface area contributed by atoms with Crippen LogP contribution in [0.3, 0.4) is 0 Å². The molecular weight excluding hydrogens is 298 g/mol. The highest BCUT2D eigenvalue weighted by atomic mass is 16.5. The minimum absolute atomic E-state index is 0.778. The van der Waals surface area contributed by atoms with Gasteiger partial charge in [0.05, 0.1) is 24.0 Å². The highest BCUT2D eigenvalue weighted by molar-refractivity contribution is 5.80. The topological polar surface area (TPSA) is 30.3 Å². The van der Waals surface area contributed by atoms with Crippen molar-refractivity contribution in [3.63, 3.8) is 0 Å². The fourth-order valence-electron chi connectivity index (χ4n) is 3.35. The van der Waals surface area contributed by atoms with E-state index in [9.17, 15) is 0 Å². The van der Waals surface area contributed by atoms with Gasteiger partial charge in [-0.15, -0.1) is 0 Å². The van der Waals surface area contributed by atoms with Crippen molar-refractivity contribution in [1.29, 1.82) is 0 Å². The molecule has 0 N–H and O–H groups in total. The molecule has 1 aliphatic rings. The quantitative estimate of drug-likeness (QED) is 0.645. The van der Waals surface area contributed by atoms with Gasteiger partial charge in [-0.05, 0) is 62.7 Å². The highest BCUT2D eigenvalue weighted by Gasteiger charge is 2.10. The van der Waals surface area contributed by atoms with Gasteiger partial charge in [-0.3, -0.25) is 0 Å². The van der Waals surface area contributed by atoms with Gasteiger partial charge < -0.3 is 9.64 Å². The second-order valence-corrected chi connectivity index (χ2v) is 6.36. The Morgan fingerprint density at radius 1 is 0.958 bits per heavy atom. The SMILES string of the molecule is c1ccc2c(c1)cnn2-c1ccc(OCCCN2CCCC2)cc1. The highest BCUT2D eigenvalue weighted by Crippen LogP contribution is 2.20. The van der Waals surface area contributed by atoms with Gasteiger partial charge in [-0.2, -0.15) is 5.10 Å². The van der Waals surface area contributed by atoms with E-state index in [1.54, 1.807) is 0 Å². The van der Waals surface area contributed by atoms with E-state index in [0.29, 0.717) is 0 Å². The second kappa shape index (κ2) is 7.05. The van der Waals surface area contributed by atoms with Crippen molar-refractivity contribution < 1.29 is 4.74 Å². The van der Waals surface area contributed by atoms with Gasteiger partial charge in [-0.25, -0.2) is 4.68 Å². The third-order valence-corrected chi connectivity index (χ3v) is 4.64.